The number of hydrogen-bond donors (Lipinski definition) is 0. The lowest BCUT2D eigenvalue weighted by Gasteiger charge is -2.30. The molecule has 6 heteroatoms. The predicted molar refractivity (Wildman–Crippen MR) is 318 cm³/mol. The topological polar surface area (TPSA) is 51.8 Å². The normalized spacial score (nSPS) is 12.7. The third kappa shape index (κ3) is 6.47. The largest absolute Gasteiger partial charge is 0.310 e. The zero-order valence-corrected chi connectivity index (χ0v) is 42.2. The Morgan fingerprint density at radius 3 is 1.44 bits per heavy atom. The molecule has 3 aromatic heterocycles. The molecule has 11 aromatic carbocycles. The summed E-state index contributed by atoms with van der Waals surface area (Å²) in [7, 11) is 0. The Morgan fingerprint density at radius 1 is 0.295 bits per heavy atom. The second-order valence-electron chi connectivity index (χ2n) is 20.3. The molecule has 0 radical (unpaired) electrons. The summed E-state index contributed by atoms with van der Waals surface area (Å²) >= 11 is 0. The smallest absolute Gasteiger partial charge is 0.164 e. The Morgan fingerprint density at radius 2 is 0.769 bits per heavy atom. The number of nitrogens with zero attached hydrogens (tertiary/aromatic N) is 6. The van der Waals surface area contributed by atoms with Crippen molar-refractivity contribution in [2.45, 2.75) is 5.41 Å². The molecule has 0 bridgehead atoms. The SMILES string of the molecule is c1ccc(-c2nc(-c3cccc(-n4c5c(c6cc(N(c7ccccc7)c7ccccc7)ccc64)C4(c6ccccc6-c6ccccc64)c4ccccc4-5)c3)nc(-c3ccc4c(c3)c3ccccc3n4-c3ccccc3)n2)cc1. The lowest BCUT2D eigenvalue weighted by atomic mass is 9.70. The molecular weight excluding hydrogens is 949 g/mol. The van der Waals surface area contributed by atoms with Crippen LogP contribution < -0.4 is 4.90 Å². The van der Waals surface area contributed by atoms with Crippen LogP contribution >= 0.6 is 0 Å². The van der Waals surface area contributed by atoms with Gasteiger partial charge in [0.25, 0.3) is 0 Å². The van der Waals surface area contributed by atoms with E-state index < -0.39 is 5.41 Å². The second kappa shape index (κ2) is 17.3. The van der Waals surface area contributed by atoms with Crippen LogP contribution in [0.25, 0.3) is 101 Å². The molecule has 6 nitrogen and oxygen atoms in total. The van der Waals surface area contributed by atoms with E-state index in [1.807, 2.05) is 18.2 Å². The molecule has 0 fully saturated rings. The molecule has 2 aliphatic carbocycles. The van der Waals surface area contributed by atoms with Crippen molar-refractivity contribution < 1.29 is 0 Å². The van der Waals surface area contributed by atoms with Crippen LogP contribution in [0.5, 0.6) is 0 Å². The van der Waals surface area contributed by atoms with Crippen LogP contribution in [0.1, 0.15) is 22.3 Å². The minimum Gasteiger partial charge on any atom is -0.310 e. The van der Waals surface area contributed by atoms with Crippen molar-refractivity contribution in [2.24, 2.45) is 0 Å². The van der Waals surface area contributed by atoms with Gasteiger partial charge in [0.15, 0.2) is 17.5 Å². The lowest BCUT2D eigenvalue weighted by Crippen LogP contribution is -2.25. The van der Waals surface area contributed by atoms with Crippen LogP contribution in [0, 0.1) is 0 Å². The minimum atomic E-state index is -0.592. The number of aromatic nitrogens is 5. The van der Waals surface area contributed by atoms with Crippen molar-refractivity contribution in [3.8, 4) is 67.9 Å². The molecule has 0 aliphatic heterocycles. The van der Waals surface area contributed by atoms with Gasteiger partial charge in [-0.25, -0.2) is 15.0 Å². The van der Waals surface area contributed by atoms with Gasteiger partial charge in [0, 0.05) is 72.4 Å². The van der Waals surface area contributed by atoms with Gasteiger partial charge >= 0.3 is 0 Å². The van der Waals surface area contributed by atoms with Gasteiger partial charge in [-0.3, -0.25) is 0 Å². The highest BCUT2D eigenvalue weighted by molar-refractivity contribution is 6.11. The third-order valence-corrected chi connectivity index (χ3v) is 16.1. The van der Waals surface area contributed by atoms with E-state index in [1.54, 1.807) is 0 Å². The average molecular weight is 995 g/mol. The standard InChI is InChI=1S/C72H46N6/c1-5-22-47(23-6-1)69-73-70(75-71(74-69)49-40-42-65-59(45-49)57-34-16-20-39-64(57)77(65)52-29-11-4-12-30-52)48-24-21-31-53(44-48)78-66-43-41-54(76(50-25-7-2-8-26-50)51-27-9-3-10-28-51)46-60(66)67-68(78)58-35-15-19-38-63(58)72(67)61-36-17-13-32-55(61)56-33-14-18-37-62(56)72/h1-46H. The van der Waals surface area contributed by atoms with Crippen molar-refractivity contribution in [3.63, 3.8) is 0 Å². The van der Waals surface area contributed by atoms with Gasteiger partial charge in [-0.2, -0.15) is 0 Å². The van der Waals surface area contributed by atoms with Crippen LogP contribution in [0.15, 0.2) is 279 Å². The molecule has 3 heterocycles. The molecule has 1 spiro atoms. The van der Waals surface area contributed by atoms with Crippen molar-refractivity contribution >= 4 is 49.8 Å². The van der Waals surface area contributed by atoms with Gasteiger partial charge in [-0.1, -0.05) is 188 Å². The van der Waals surface area contributed by atoms with E-state index in [2.05, 4.69) is 275 Å². The summed E-state index contributed by atoms with van der Waals surface area (Å²) in [6.07, 6.45) is 0. The summed E-state index contributed by atoms with van der Waals surface area (Å²) in [5, 5.41) is 3.49. The van der Waals surface area contributed by atoms with E-state index in [-0.39, 0.29) is 0 Å². The minimum absolute atomic E-state index is 0.592. The maximum Gasteiger partial charge on any atom is 0.164 e. The van der Waals surface area contributed by atoms with Crippen molar-refractivity contribution in [1.82, 2.24) is 24.1 Å². The number of para-hydroxylation sites is 4. The zero-order chi connectivity index (χ0) is 51.3. The molecule has 14 aromatic rings. The quantitative estimate of drug-likeness (QED) is 0.152. The molecular formula is C72H46N6. The Kier molecular flexibility index (Phi) is 9.75. The Bertz CT molecular complexity index is 4590. The first-order valence-electron chi connectivity index (χ1n) is 26.6. The molecule has 0 unspecified atom stereocenters. The Labute approximate surface area is 451 Å². The fourth-order valence-electron chi connectivity index (χ4n) is 13.0. The number of rotatable bonds is 8. The summed E-state index contributed by atoms with van der Waals surface area (Å²) < 4.78 is 4.84. The molecule has 0 atom stereocenters. The van der Waals surface area contributed by atoms with Crippen molar-refractivity contribution in [1.29, 1.82) is 0 Å². The van der Waals surface area contributed by atoms with Gasteiger partial charge in [-0.05, 0) is 119 Å². The number of hydrogen-bond acceptors (Lipinski definition) is 4. The first-order chi connectivity index (χ1) is 38.7. The molecule has 0 saturated heterocycles. The maximum absolute atomic E-state index is 5.40. The molecule has 78 heavy (non-hydrogen) atoms. The van der Waals surface area contributed by atoms with Gasteiger partial charge < -0.3 is 14.0 Å². The van der Waals surface area contributed by atoms with Gasteiger partial charge in [0.2, 0.25) is 0 Å². The van der Waals surface area contributed by atoms with Gasteiger partial charge in [0.1, 0.15) is 0 Å². The highest BCUT2D eigenvalue weighted by Crippen LogP contribution is 2.65. The Balaban J connectivity index is 0.935. The highest BCUT2D eigenvalue weighted by atomic mass is 15.1. The Hall–Kier alpha value is -10.4. The average Bonchev–Trinajstić information content (AvgIpc) is 2.34. The fourth-order valence-corrected chi connectivity index (χ4v) is 13.0. The third-order valence-electron chi connectivity index (χ3n) is 16.1. The van der Waals surface area contributed by atoms with E-state index in [9.17, 15) is 0 Å². The molecule has 0 N–H and O–H groups in total. The summed E-state index contributed by atoms with van der Waals surface area (Å²) in [6, 6.07) is 100. The van der Waals surface area contributed by atoms with Crippen LogP contribution in [0.2, 0.25) is 0 Å². The lowest BCUT2D eigenvalue weighted by molar-refractivity contribution is 0.801. The van der Waals surface area contributed by atoms with E-state index in [4.69, 9.17) is 15.0 Å². The summed E-state index contributed by atoms with van der Waals surface area (Å²) in [5.74, 6) is 1.82. The summed E-state index contributed by atoms with van der Waals surface area (Å²) in [6.45, 7) is 0. The highest BCUT2D eigenvalue weighted by Gasteiger charge is 2.54. The summed E-state index contributed by atoms with van der Waals surface area (Å²) in [4.78, 5) is 18.3. The van der Waals surface area contributed by atoms with Gasteiger partial charge in [-0.15, -0.1) is 0 Å². The number of anilines is 3. The first-order valence-corrected chi connectivity index (χ1v) is 26.6. The second-order valence-corrected chi connectivity index (χ2v) is 20.3. The molecule has 0 saturated carbocycles. The van der Waals surface area contributed by atoms with E-state index in [1.165, 1.54) is 55.4 Å². The molecule has 2 aliphatic rings. The van der Waals surface area contributed by atoms with Crippen LogP contribution in [0.3, 0.4) is 0 Å². The number of benzene rings is 11. The predicted octanol–water partition coefficient (Wildman–Crippen LogP) is 17.7. The fraction of sp³-hybridized carbons (Fsp3) is 0.0139. The molecule has 16 rings (SSSR count). The van der Waals surface area contributed by atoms with E-state index in [0.717, 1.165) is 67.1 Å². The van der Waals surface area contributed by atoms with Crippen LogP contribution in [0.4, 0.5) is 17.1 Å². The molecule has 0 amide bonds. The zero-order valence-electron chi connectivity index (χ0n) is 42.2. The van der Waals surface area contributed by atoms with E-state index in [0.29, 0.717) is 17.5 Å². The van der Waals surface area contributed by atoms with Crippen LogP contribution in [-0.4, -0.2) is 24.1 Å². The number of fused-ring (bicyclic) bond motifs is 15. The van der Waals surface area contributed by atoms with Crippen molar-refractivity contribution in [3.05, 3.63) is 301 Å². The van der Waals surface area contributed by atoms with Crippen molar-refractivity contribution in [2.75, 3.05) is 4.90 Å². The first kappa shape index (κ1) is 43.9. The maximum atomic E-state index is 5.40. The van der Waals surface area contributed by atoms with E-state index >= 15 is 0 Å². The van der Waals surface area contributed by atoms with Gasteiger partial charge in [0.05, 0.1) is 27.7 Å². The molecule has 364 valence electrons. The van der Waals surface area contributed by atoms with Crippen LogP contribution in [-0.2, 0) is 5.41 Å². The summed E-state index contributed by atoms with van der Waals surface area (Å²) in [5.41, 5.74) is 21.0. The monoisotopic (exact) mass is 994 g/mol.